The van der Waals surface area contributed by atoms with Crippen molar-refractivity contribution in [3.63, 3.8) is 0 Å². The molecule has 1 aromatic carbocycles. The maximum absolute atomic E-state index is 12.1. The molecule has 102 valence electrons. The van der Waals surface area contributed by atoms with Crippen LogP contribution in [-0.4, -0.2) is 12.5 Å². The van der Waals surface area contributed by atoms with Crippen molar-refractivity contribution in [1.82, 2.24) is 5.32 Å². The summed E-state index contributed by atoms with van der Waals surface area (Å²) in [6.45, 7) is 2.91. The van der Waals surface area contributed by atoms with Crippen LogP contribution in [0.25, 0.3) is 10.1 Å². The number of hydrogen-bond acceptors (Lipinski definition) is 3. The number of nitrogens with two attached hydrogens (primary N) is 1. The van der Waals surface area contributed by atoms with Crippen molar-refractivity contribution in [2.45, 2.75) is 32.6 Å². The monoisotopic (exact) mass is 276 g/mol. The Hall–Kier alpha value is -1.55. The number of unbranched alkanes of at least 4 members (excludes halogenated alkanes) is 3. The van der Waals surface area contributed by atoms with Crippen LogP contribution in [-0.2, 0) is 0 Å². The van der Waals surface area contributed by atoms with Crippen LogP contribution < -0.4 is 11.1 Å². The first-order chi connectivity index (χ1) is 9.24. The molecular formula is C15H20N2OS. The molecule has 1 amide bonds. The number of nitrogens with one attached hydrogen (secondary N) is 1. The van der Waals surface area contributed by atoms with E-state index in [1.54, 1.807) is 0 Å². The van der Waals surface area contributed by atoms with Gasteiger partial charge in [-0.15, -0.1) is 11.3 Å². The zero-order valence-electron chi connectivity index (χ0n) is 11.2. The lowest BCUT2D eigenvalue weighted by atomic mass is 10.2. The van der Waals surface area contributed by atoms with Gasteiger partial charge in [-0.25, -0.2) is 0 Å². The third-order valence-electron chi connectivity index (χ3n) is 3.16. The number of benzene rings is 1. The first-order valence-corrected chi connectivity index (χ1v) is 7.61. The van der Waals surface area contributed by atoms with Crippen molar-refractivity contribution >= 4 is 33.0 Å². The summed E-state index contributed by atoms with van der Waals surface area (Å²) in [5.41, 5.74) is 6.64. The van der Waals surface area contributed by atoms with Crippen LogP contribution in [0.4, 0.5) is 5.69 Å². The second kappa shape index (κ2) is 6.57. The van der Waals surface area contributed by atoms with E-state index < -0.39 is 0 Å². The lowest BCUT2D eigenvalue weighted by Gasteiger charge is -2.03. The quantitative estimate of drug-likeness (QED) is 0.789. The molecule has 1 aromatic heterocycles. The highest BCUT2D eigenvalue weighted by Crippen LogP contribution is 2.33. The van der Waals surface area contributed by atoms with Gasteiger partial charge in [0.25, 0.3) is 5.91 Å². The molecule has 0 atom stereocenters. The standard InChI is InChI=1S/C15H20N2OS/c1-2-3-4-7-10-17-15(18)14-13(16)11-8-5-6-9-12(11)19-14/h5-6,8-9H,2-4,7,10,16H2,1H3,(H,17,18). The number of nitrogen functional groups attached to an aromatic ring is 1. The molecule has 0 bridgehead atoms. The molecule has 0 unspecified atom stereocenters. The Labute approximate surface area is 117 Å². The lowest BCUT2D eigenvalue weighted by molar-refractivity contribution is 0.0958. The second-order valence-electron chi connectivity index (χ2n) is 4.66. The minimum absolute atomic E-state index is 0.0461. The molecule has 0 fully saturated rings. The number of hydrogen-bond donors (Lipinski definition) is 2. The molecule has 3 nitrogen and oxygen atoms in total. The molecule has 1 heterocycles. The number of anilines is 1. The highest BCUT2D eigenvalue weighted by atomic mass is 32.1. The predicted molar refractivity (Wildman–Crippen MR) is 82.7 cm³/mol. The Balaban J connectivity index is 1.99. The normalized spacial score (nSPS) is 10.8. The highest BCUT2D eigenvalue weighted by molar-refractivity contribution is 7.21. The van der Waals surface area contributed by atoms with Gasteiger partial charge in [-0.3, -0.25) is 4.79 Å². The maximum Gasteiger partial charge on any atom is 0.263 e. The minimum atomic E-state index is -0.0461. The Morgan fingerprint density at radius 2 is 2.05 bits per heavy atom. The van der Waals surface area contributed by atoms with Gasteiger partial charge in [0.15, 0.2) is 0 Å². The van der Waals surface area contributed by atoms with Crippen LogP contribution in [0.1, 0.15) is 42.3 Å². The van der Waals surface area contributed by atoms with Gasteiger partial charge in [0.2, 0.25) is 0 Å². The topological polar surface area (TPSA) is 55.1 Å². The van der Waals surface area contributed by atoms with Gasteiger partial charge in [-0.1, -0.05) is 44.4 Å². The van der Waals surface area contributed by atoms with E-state index >= 15 is 0 Å². The zero-order chi connectivity index (χ0) is 13.7. The average Bonchev–Trinajstić information content (AvgIpc) is 2.76. The van der Waals surface area contributed by atoms with E-state index in [-0.39, 0.29) is 5.91 Å². The number of thiophene rings is 1. The number of fused-ring (bicyclic) bond motifs is 1. The molecule has 0 aliphatic rings. The molecule has 0 saturated carbocycles. The predicted octanol–water partition coefficient (Wildman–Crippen LogP) is 3.79. The molecule has 2 aromatic rings. The van der Waals surface area contributed by atoms with Crippen LogP contribution in [0.2, 0.25) is 0 Å². The van der Waals surface area contributed by atoms with Gasteiger partial charge in [-0.05, 0) is 12.5 Å². The molecular weight excluding hydrogens is 256 g/mol. The van der Waals surface area contributed by atoms with E-state index in [0.29, 0.717) is 10.6 Å². The molecule has 0 aliphatic carbocycles. The third-order valence-corrected chi connectivity index (χ3v) is 4.34. The maximum atomic E-state index is 12.1. The van der Waals surface area contributed by atoms with Gasteiger partial charge < -0.3 is 11.1 Å². The van der Waals surface area contributed by atoms with E-state index in [1.165, 1.54) is 30.6 Å². The van der Waals surface area contributed by atoms with Crippen LogP contribution in [0.15, 0.2) is 24.3 Å². The smallest absolute Gasteiger partial charge is 0.263 e. The van der Waals surface area contributed by atoms with E-state index in [0.717, 1.165) is 23.1 Å². The Kier molecular flexibility index (Phi) is 4.80. The van der Waals surface area contributed by atoms with Gasteiger partial charge in [0, 0.05) is 16.6 Å². The summed E-state index contributed by atoms with van der Waals surface area (Å²) in [7, 11) is 0. The summed E-state index contributed by atoms with van der Waals surface area (Å²) in [5, 5.41) is 3.93. The molecule has 0 aliphatic heterocycles. The van der Waals surface area contributed by atoms with Crippen molar-refractivity contribution in [2.75, 3.05) is 12.3 Å². The average molecular weight is 276 g/mol. The third kappa shape index (κ3) is 3.26. The van der Waals surface area contributed by atoms with Crippen molar-refractivity contribution in [2.24, 2.45) is 0 Å². The van der Waals surface area contributed by atoms with E-state index in [9.17, 15) is 4.79 Å². The largest absolute Gasteiger partial charge is 0.397 e. The Morgan fingerprint density at radius 3 is 2.79 bits per heavy atom. The number of rotatable bonds is 6. The molecule has 0 spiro atoms. The molecule has 2 rings (SSSR count). The summed E-state index contributed by atoms with van der Waals surface area (Å²) in [4.78, 5) is 12.7. The molecule has 0 radical (unpaired) electrons. The second-order valence-corrected chi connectivity index (χ2v) is 5.71. The fourth-order valence-electron chi connectivity index (χ4n) is 2.07. The van der Waals surface area contributed by atoms with Crippen LogP contribution >= 0.6 is 11.3 Å². The lowest BCUT2D eigenvalue weighted by Crippen LogP contribution is -2.24. The summed E-state index contributed by atoms with van der Waals surface area (Å²) in [6, 6.07) is 7.86. The van der Waals surface area contributed by atoms with Crippen molar-refractivity contribution < 1.29 is 4.79 Å². The number of carbonyl (C=O) groups is 1. The summed E-state index contributed by atoms with van der Waals surface area (Å²) in [6.07, 6.45) is 4.63. The molecule has 3 N–H and O–H groups in total. The summed E-state index contributed by atoms with van der Waals surface area (Å²) in [5.74, 6) is -0.0461. The van der Waals surface area contributed by atoms with Gasteiger partial charge >= 0.3 is 0 Å². The van der Waals surface area contributed by atoms with Crippen molar-refractivity contribution in [3.8, 4) is 0 Å². The first kappa shape index (κ1) is 13.9. The fourth-order valence-corrected chi connectivity index (χ4v) is 3.11. The van der Waals surface area contributed by atoms with Crippen LogP contribution in [0.3, 0.4) is 0 Å². The SMILES string of the molecule is CCCCCCNC(=O)c1sc2ccccc2c1N. The molecule has 4 heteroatoms. The number of carbonyl (C=O) groups excluding carboxylic acids is 1. The summed E-state index contributed by atoms with van der Waals surface area (Å²) < 4.78 is 1.07. The molecule has 19 heavy (non-hydrogen) atoms. The summed E-state index contributed by atoms with van der Waals surface area (Å²) >= 11 is 1.46. The van der Waals surface area contributed by atoms with Gasteiger partial charge in [-0.2, -0.15) is 0 Å². The van der Waals surface area contributed by atoms with Crippen LogP contribution in [0.5, 0.6) is 0 Å². The Morgan fingerprint density at radius 1 is 1.26 bits per heavy atom. The van der Waals surface area contributed by atoms with Gasteiger partial charge in [0.05, 0.1) is 5.69 Å². The van der Waals surface area contributed by atoms with E-state index in [2.05, 4.69) is 12.2 Å². The van der Waals surface area contributed by atoms with Crippen LogP contribution in [0, 0.1) is 0 Å². The highest BCUT2D eigenvalue weighted by Gasteiger charge is 2.15. The first-order valence-electron chi connectivity index (χ1n) is 6.79. The Bertz CT molecular complexity index is 562. The van der Waals surface area contributed by atoms with Crippen molar-refractivity contribution in [1.29, 1.82) is 0 Å². The van der Waals surface area contributed by atoms with Gasteiger partial charge in [0.1, 0.15) is 4.88 Å². The molecule has 0 saturated heterocycles. The minimum Gasteiger partial charge on any atom is -0.397 e. The van der Waals surface area contributed by atoms with E-state index in [1.807, 2.05) is 24.3 Å². The fraction of sp³-hybridized carbons (Fsp3) is 0.400. The van der Waals surface area contributed by atoms with Crippen molar-refractivity contribution in [3.05, 3.63) is 29.1 Å². The van der Waals surface area contributed by atoms with E-state index in [4.69, 9.17) is 5.73 Å². The number of amides is 1. The zero-order valence-corrected chi connectivity index (χ0v) is 12.1.